The lowest BCUT2D eigenvalue weighted by atomic mass is 10.2. The Hall–Kier alpha value is -1.24. The van der Waals surface area contributed by atoms with Crippen LogP contribution in [0.4, 0.5) is 5.69 Å². The van der Waals surface area contributed by atoms with Crippen molar-refractivity contribution in [2.45, 2.75) is 4.90 Å². The standard InChI is InChI=1S/C8H9N3O2S/c1-9-11-10-6-4-2-3-5(8(12)13)7(6)14-11/h2-4,9-10H,1H3,(H,12,13). The Bertz CT molecular complexity index is 383. The average molecular weight is 211 g/mol. The third-order valence-corrected chi connectivity index (χ3v) is 2.93. The Morgan fingerprint density at radius 1 is 1.64 bits per heavy atom. The summed E-state index contributed by atoms with van der Waals surface area (Å²) in [7, 11) is 1.76. The second kappa shape index (κ2) is 3.49. The lowest BCUT2D eigenvalue weighted by Gasteiger charge is -2.10. The van der Waals surface area contributed by atoms with E-state index in [0.717, 1.165) is 10.6 Å². The maximum absolute atomic E-state index is 10.9. The number of anilines is 1. The molecule has 1 aliphatic heterocycles. The van der Waals surface area contributed by atoms with Crippen LogP contribution in [0.5, 0.6) is 0 Å². The first-order chi connectivity index (χ1) is 6.72. The van der Waals surface area contributed by atoms with E-state index in [-0.39, 0.29) is 0 Å². The van der Waals surface area contributed by atoms with Gasteiger partial charge in [0.05, 0.1) is 16.1 Å². The minimum absolute atomic E-state index is 0.317. The van der Waals surface area contributed by atoms with Crippen molar-refractivity contribution in [1.29, 1.82) is 0 Å². The van der Waals surface area contributed by atoms with Gasteiger partial charge < -0.3 is 5.11 Å². The number of hydrazine groups is 2. The molecule has 0 radical (unpaired) electrons. The van der Waals surface area contributed by atoms with Crippen LogP contribution in [-0.2, 0) is 0 Å². The van der Waals surface area contributed by atoms with Crippen molar-refractivity contribution < 1.29 is 9.90 Å². The molecule has 0 fully saturated rings. The van der Waals surface area contributed by atoms with Gasteiger partial charge in [-0.2, -0.15) is 0 Å². The van der Waals surface area contributed by atoms with Crippen LogP contribution in [0, 0.1) is 0 Å². The van der Waals surface area contributed by atoms with Gasteiger partial charge >= 0.3 is 5.97 Å². The van der Waals surface area contributed by atoms with Gasteiger partial charge in [0.2, 0.25) is 0 Å². The van der Waals surface area contributed by atoms with E-state index in [2.05, 4.69) is 10.9 Å². The molecule has 0 aliphatic carbocycles. The largest absolute Gasteiger partial charge is 0.478 e. The SMILES string of the molecule is CNN1Nc2cccc(C(=O)O)c2S1. The molecule has 0 saturated heterocycles. The molecule has 1 aromatic rings. The van der Waals surface area contributed by atoms with Crippen LogP contribution in [0.15, 0.2) is 23.1 Å². The van der Waals surface area contributed by atoms with E-state index in [0.29, 0.717) is 5.56 Å². The predicted octanol–water partition coefficient (Wildman–Crippen LogP) is 1.17. The fourth-order valence-electron chi connectivity index (χ4n) is 1.22. The number of fused-ring (bicyclic) bond motifs is 1. The molecule has 0 atom stereocenters. The van der Waals surface area contributed by atoms with Gasteiger partial charge in [0, 0.05) is 7.05 Å². The molecule has 14 heavy (non-hydrogen) atoms. The minimum atomic E-state index is -0.908. The quantitative estimate of drug-likeness (QED) is 0.638. The fourth-order valence-corrected chi connectivity index (χ4v) is 2.10. The van der Waals surface area contributed by atoms with Crippen LogP contribution in [0.2, 0.25) is 0 Å². The zero-order valence-electron chi connectivity index (χ0n) is 7.44. The highest BCUT2D eigenvalue weighted by atomic mass is 32.2. The molecule has 1 aliphatic rings. The van der Waals surface area contributed by atoms with E-state index in [1.54, 1.807) is 23.7 Å². The smallest absolute Gasteiger partial charge is 0.336 e. The number of aromatic carboxylic acids is 1. The molecule has 6 heteroatoms. The molecule has 2 rings (SSSR count). The van der Waals surface area contributed by atoms with Crippen LogP contribution in [0.1, 0.15) is 10.4 Å². The summed E-state index contributed by atoms with van der Waals surface area (Å²) in [4.78, 5) is 11.6. The van der Waals surface area contributed by atoms with Crippen LogP contribution in [0.25, 0.3) is 0 Å². The number of rotatable bonds is 2. The molecule has 1 aromatic carbocycles. The van der Waals surface area contributed by atoms with Gasteiger partial charge in [0.25, 0.3) is 0 Å². The van der Waals surface area contributed by atoms with E-state index in [1.807, 2.05) is 6.07 Å². The van der Waals surface area contributed by atoms with Gasteiger partial charge in [-0.1, -0.05) is 10.6 Å². The predicted molar refractivity (Wildman–Crippen MR) is 53.8 cm³/mol. The average Bonchev–Trinajstić information content (AvgIpc) is 2.59. The fraction of sp³-hybridized carbons (Fsp3) is 0.125. The topological polar surface area (TPSA) is 64.6 Å². The molecular weight excluding hydrogens is 202 g/mol. The summed E-state index contributed by atoms with van der Waals surface area (Å²) in [5, 5.41) is 8.93. The van der Waals surface area contributed by atoms with Crippen LogP contribution in [0.3, 0.4) is 0 Å². The Labute approximate surface area is 85.2 Å². The lowest BCUT2D eigenvalue weighted by Crippen LogP contribution is -2.30. The number of hydrogen-bond donors (Lipinski definition) is 3. The maximum atomic E-state index is 10.9. The molecular formula is C8H9N3O2S. The van der Waals surface area contributed by atoms with Gasteiger partial charge in [0.15, 0.2) is 0 Å². The van der Waals surface area contributed by atoms with E-state index in [4.69, 9.17) is 5.11 Å². The zero-order valence-corrected chi connectivity index (χ0v) is 8.26. The number of carboxylic acid groups (broad SMARTS) is 1. The molecule has 0 spiro atoms. The molecule has 74 valence electrons. The third-order valence-electron chi connectivity index (χ3n) is 1.85. The summed E-state index contributed by atoms with van der Waals surface area (Å²) in [6, 6.07) is 5.15. The summed E-state index contributed by atoms with van der Waals surface area (Å²) >= 11 is 1.32. The summed E-state index contributed by atoms with van der Waals surface area (Å²) in [5.74, 6) is -0.908. The Morgan fingerprint density at radius 3 is 3.07 bits per heavy atom. The van der Waals surface area contributed by atoms with E-state index < -0.39 is 5.97 Å². The minimum Gasteiger partial charge on any atom is -0.478 e. The van der Waals surface area contributed by atoms with E-state index in [9.17, 15) is 4.79 Å². The number of hydrogen-bond acceptors (Lipinski definition) is 5. The molecule has 0 bridgehead atoms. The first-order valence-corrected chi connectivity index (χ1v) is 4.78. The number of nitrogens with one attached hydrogen (secondary N) is 2. The normalized spacial score (nSPS) is 14.9. The van der Waals surface area contributed by atoms with Crippen molar-refractivity contribution in [3.63, 3.8) is 0 Å². The Kier molecular flexibility index (Phi) is 2.32. The highest BCUT2D eigenvalue weighted by molar-refractivity contribution is 7.97. The third kappa shape index (κ3) is 1.43. The highest BCUT2D eigenvalue weighted by Crippen LogP contribution is 2.38. The zero-order chi connectivity index (χ0) is 10.1. The van der Waals surface area contributed by atoms with Crippen LogP contribution < -0.4 is 10.9 Å². The molecule has 0 amide bonds. The maximum Gasteiger partial charge on any atom is 0.336 e. The number of carbonyl (C=O) groups is 1. The van der Waals surface area contributed by atoms with Crippen molar-refractivity contribution in [2.75, 3.05) is 12.5 Å². The van der Waals surface area contributed by atoms with Crippen molar-refractivity contribution in [2.24, 2.45) is 0 Å². The highest BCUT2D eigenvalue weighted by Gasteiger charge is 2.23. The van der Waals surface area contributed by atoms with Crippen molar-refractivity contribution in [1.82, 2.24) is 9.95 Å². The van der Waals surface area contributed by atoms with Crippen molar-refractivity contribution in [3.8, 4) is 0 Å². The van der Waals surface area contributed by atoms with Crippen LogP contribution in [-0.4, -0.2) is 22.6 Å². The van der Waals surface area contributed by atoms with Crippen molar-refractivity contribution in [3.05, 3.63) is 23.8 Å². The first-order valence-electron chi connectivity index (χ1n) is 4.01. The molecule has 0 saturated carbocycles. The van der Waals surface area contributed by atoms with Gasteiger partial charge in [-0.25, -0.2) is 10.2 Å². The van der Waals surface area contributed by atoms with Gasteiger partial charge in [-0.05, 0) is 24.1 Å². The van der Waals surface area contributed by atoms with Gasteiger partial charge in [-0.3, -0.25) is 5.43 Å². The lowest BCUT2D eigenvalue weighted by molar-refractivity contribution is 0.0693. The number of nitrogens with zero attached hydrogens (tertiary/aromatic N) is 1. The summed E-state index contributed by atoms with van der Waals surface area (Å²) in [5.41, 5.74) is 7.00. The number of carboxylic acids is 1. The monoisotopic (exact) mass is 211 g/mol. The number of benzene rings is 1. The molecule has 0 unspecified atom stereocenters. The second-order valence-corrected chi connectivity index (χ2v) is 3.66. The Morgan fingerprint density at radius 2 is 2.43 bits per heavy atom. The second-order valence-electron chi connectivity index (χ2n) is 2.71. The van der Waals surface area contributed by atoms with Gasteiger partial charge in [-0.15, -0.1) is 0 Å². The molecule has 0 aromatic heterocycles. The Balaban J connectivity index is 2.41. The molecule has 5 nitrogen and oxygen atoms in total. The van der Waals surface area contributed by atoms with E-state index >= 15 is 0 Å². The molecule has 1 heterocycles. The van der Waals surface area contributed by atoms with E-state index in [1.165, 1.54) is 11.9 Å². The van der Waals surface area contributed by atoms with Crippen molar-refractivity contribution >= 4 is 23.6 Å². The molecule has 3 N–H and O–H groups in total. The first kappa shape index (κ1) is 9.32. The van der Waals surface area contributed by atoms with Crippen LogP contribution >= 0.6 is 11.9 Å². The van der Waals surface area contributed by atoms with Gasteiger partial charge in [0.1, 0.15) is 0 Å². The summed E-state index contributed by atoms with van der Waals surface area (Å²) in [6.45, 7) is 0. The summed E-state index contributed by atoms with van der Waals surface area (Å²) < 4.78 is 1.65. The summed E-state index contributed by atoms with van der Waals surface area (Å²) in [6.07, 6.45) is 0.